The fraction of sp³-hybridized carbons (Fsp3) is 0.571. The number of carboxylic acid groups (broad SMARTS) is 1. The van der Waals surface area contributed by atoms with Gasteiger partial charge in [0, 0.05) is 5.57 Å². The summed E-state index contributed by atoms with van der Waals surface area (Å²) in [4.78, 5) is 10.3. The Balaban J connectivity index is 0. The molecule has 1 N–H and O–H groups in total. The Labute approximate surface area is 91.3 Å². The third-order valence-electron chi connectivity index (χ3n) is 1.11. The van der Waals surface area contributed by atoms with Crippen molar-refractivity contribution in [1.29, 1.82) is 0 Å². The first-order chi connectivity index (χ1) is 4.22. The number of aliphatic carboxylic acids is 1. The zero-order valence-corrected chi connectivity index (χ0v) is 5.85. The van der Waals surface area contributed by atoms with Gasteiger partial charge < -0.3 is 5.11 Å². The summed E-state index contributed by atoms with van der Waals surface area (Å²) in [5.74, 6) is -0.792. The van der Waals surface area contributed by atoms with E-state index in [1.54, 1.807) is 6.08 Å². The topological polar surface area (TPSA) is 37.3 Å². The van der Waals surface area contributed by atoms with E-state index in [0.29, 0.717) is 12.0 Å². The Morgan fingerprint density at radius 2 is 2.00 bits per heavy atom. The van der Waals surface area contributed by atoms with Gasteiger partial charge in [-0.3, -0.25) is 0 Å². The molecule has 0 radical (unpaired) electrons. The summed E-state index contributed by atoms with van der Waals surface area (Å²) in [6.07, 6.45) is 3.15. The van der Waals surface area contributed by atoms with Crippen LogP contribution in [0.25, 0.3) is 0 Å². The number of hydrogen-bond donors (Lipinski definition) is 1. The molecule has 2 nitrogen and oxygen atoms in total. The van der Waals surface area contributed by atoms with Crippen LogP contribution < -0.4 is 0 Å². The summed E-state index contributed by atoms with van der Waals surface area (Å²) >= 11 is 0. The molecule has 0 spiro atoms. The summed E-state index contributed by atoms with van der Waals surface area (Å²) < 4.78 is 0. The van der Waals surface area contributed by atoms with E-state index in [4.69, 9.17) is 5.11 Å². The van der Waals surface area contributed by atoms with E-state index >= 15 is 0 Å². The van der Waals surface area contributed by atoms with Crippen molar-refractivity contribution in [2.75, 3.05) is 0 Å². The summed E-state index contributed by atoms with van der Waals surface area (Å²) in [7, 11) is 0. The van der Waals surface area contributed by atoms with Crippen LogP contribution in [0, 0.1) is 0 Å². The molecule has 0 saturated carbocycles. The Hall–Kier alpha value is 0.470. The van der Waals surface area contributed by atoms with Gasteiger partial charge in [0.25, 0.3) is 0 Å². The number of allylic oxidation sites excluding steroid dienone is 1. The van der Waals surface area contributed by atoms with E-state index in [1.165, 1.54) is 0 Å². The van der Waals surface area contributed by atoms with E-state index < -0.39 is 5.97 Å². The quantitative estimate of drug-likeness (QED) is 0.505. The van der Waals surface area contributed by atoms with Crippen molar-refractivity contribution in [1.82, 2.24) is 0 Å². The molecule has 0 bridgehead atoms. The zero-order chi connectivity index (χ0) is 7.28. The van der Waals surface area contributed by atoms with E-state index in [1.807, 2.05) is 13.8 Å². The number of carboxylic acids is 1. The molecule has 0 heterocycles. The Bertz CT molecular complexity index is 130. The molecule has 0 fully saturated rings. The molecule has 0 aromatic carbocycles. The second-order valence-corrected chi connectivity index (χ2v) is 1.80. The molecule has 0 aliphatic heterocycles. The van der Waals surface area contributed by atoms with Gasteiger partial charge in [0.1, 0.15) is 0 Å². The molecule has 0 aliphatic carbocycles. The van der Waals surface area contributed by atoms with Crippen molar-refractivity contribution >= 4 is 43.7 Å². The van der Waals surface area contributed by atoms with Gasteiger partial charge in [-0.2, -0.15) is 0 Å². The second-order valence-electron chi connectivity index (χ2n) is 1.80. The zero-order valence-electron chi connectivity index (χ0n) is 5.85. The van der Waals surface area contributed by atoms with E-state index in [0.717, 1.165) is 6.42 Å². The molecular formula is C7H14CaO2. The number of carbonyl (C=O) groups is 1. The van der Waals surface area contributed by atoms with Gasteiger partial charge >= 0.3 is 43.7 Å². The monoisotopic (exact) mass is 170 g/mol. The Morgan fingerprint density at radius 3 is 2.10 bits per heavy atom. The minimum absolute atomic E-state index is 0. The third-order valence-corrected chi connectivity index (χ3v) is 1.11. The fourth-order valence-electron chi connectivity index (χ4n) is 0.629. The SMILES string of the molecule is CCC=C(CC)C(=O)O.[CaH2]. The molecule has 56 valence electrons. The maximum atomic E-state index is 10.3. The van der Waals surface area contributed by atoms with Gasteiger partial charge in [0.2, 0.25) is 0 Å². The van der Waals surface area contributed by atoms with Crippen molar-refractivity contribution in [3.05, 3.63) is 11.6 Å². The van der Waals surface area contributed by atoms with Crippen LogP contribution in [0.3, 0.4) is 0 Å². The average Bonchev–Trinajstić information content (AvgIpc) is 1.82. The molecule has 0 aliphatic rings. The molecule has 3 heteroatoms. The third kappa shape index (κ3) is 5.27. The minimum atomic E-state index is -0.792. The van der Waals surface area contributed by atoms with Crippen molar-refractivity contribution in [3.63, 3.8) is 0 Å². The molecule has 0 amide bonds. The first-order valence-corrected chi connectivity index (χ1v) is 3.14. The van der Waals surface area contributed by atoms with Crippen molar-refractivity contribution in [2.24, 2.45) is 0 Å². The molecule has 0 atom stereocenters. The normalized spacial score (nSPS) is 10.4. The standard InChI is InChI=1S/C7H12O2.Ca.2H/c1-3-5-6(4-2)7(8)9;;;/h5H,3-4H2,1-2H3,(H,8,9);;;. The number of rotatable bonds is 3. The van der Waals surface area contributed by atoms with E-state index in [9.17, 15) is 4.79 Å². The summed E-state index contributed by atoms with van der Waals surface area (Å²) in [6, 6.07) is 0. The Morgan fingerprint density at radius 1 is 1.50 bits per heavy atom. The van der Waals surface area contributed by atoms with Crippen molar-refractivity contribution < 1.29 is 9.90 Å². The average molecular weight is 170 g/mol. The fourth-order valence-corrected chi connectivity index (χ4v) is 0.629. The summed E-state index contributed by atoms with van der Waals surface area (Å²) in [6.45, 7) is 3.77. The van der Waals surface area contributed by atoms with Crippen LogP contribution in [0.15, 0.2) is 11.6 Å². The van der Waals surface area contributed by atoms with Crippen LogP contribution in [-0.4, -0.2) is 48.8 Å². The number of hydrogen-bond acceptors (Lipinski definition) is 1. The van der Waals surface area contributed by atoms with Crippen molar-refractivity contribution in [2.45, 2.75) is 26.7 Å². The van der Waals surface area contributed by atoms with E-state index in [-0.39, 0.29) is 37.7 Å². The molecule has 0 rings (SSSR count). The van der Waals surface area contributed by atoms with Gasteiger partial charge in [-0.05, 0) is 12.8 Å². The summed E-state index contributed by atoms with van der Waals surface area (Å²) in [5.41, 5.74) is 0.512. The van der Waals surface area contributed by atoms with E-state index in [2.05, 4.69) is 0 Å². The molecule has 0 saturated heterocycles. The molecule has 0 aromatic rings. The molecular weight excluding hydrogens is 156 g/mol. The molecule has 10 heavy (non-hydrogen) atoms. The predicted molar refractivity (Wildman–Crippen MR) is 44.8 cm³/mol. The van der Waals surface area contributed by atoms with Crippen LogP contribution in [0.4, 0.5) is 0 Å². The first-order valence-electron chi connectivity index (χ1n) is 3.14. The summed E-state index contributed by atoms with van der Waals surface area (Å²) in [5, 5.41) is 8.44. The van der Waals surface area contributed by atoms with Crippen LogP contribution in [0.1, 0.15) is 26.7 Å². The van der Waals surface area contributed by atoms with Gasteiger partial charge in [0.05, 0.1) is 0 Å². The van der Waals surface area contributed by atoms with Crippen LogP contribution >= 0.6 is 0 Å². The predicted octanol–water partition coefficient (Wildman–Crippen LogP) is 0.901. The van der Waals surface area contributed by atoms with Crippen molar-refractivity contribution in [3.8, 4) is 0 Å². The van der Waals surface area contributed by atoms with Crippen LogP contribution in [0.5, 0.6) is 0 Å². The molecule has 0 unspecified atom stereocenters. The van der Waals surface area contributed by atoms with Gasteiger partial charge in [-0.25, -0.2) is 4.79 Å². The van der Waals surface area contributed by atoms with Crippen LogP contribution in [0.2, 0.25) is 0 Å². The first kappa shape index (κ1) is 13.1. The van der Waals surface area contributed by atoms with Crippen LogP contribution in [-0.2, 0) is 4.79 Å². The van der Waals surface area contributed by atoms with Gasteiger partial charge in [-0.15, -0.1) is 0 Å². The van der Waals surface area contributed by atoms with Gasteiger partial charge in [0.15, 0.2) is 0 Å². The second kappa shape index (κ2) is 7.58. The maximum absolute atomic E-state index is 10.3. The molecule has 0 aromatic heterocycles. The van der Waals surface area contributed by atoms with Gasteiger partial charge in [-0.1, -0.05) is 19.9 Å². The Kier molecular flexibility index (Phi) is 9.91.